The molecule has 0 fully saturated rings. The minimum absolute atomic E-state index is 0.0561. The van der Waals surface area contributed by atoms with E-state index >= 15 is 0 Å². The molecule has 0 unspecified atom stereocenters. The third kappa shape index (κ3) is 1.78. The van der Waals surface area contributed by atoms with Gasteiger partial charge in [-0.1, -0.05) is 0 Å². The molecule has 0 saturated heterocycles. The minimum Gasteiger partial charge on any atom is -0.237 e. The van der Waals surface area contributed by atoms with Crippen LogP contribution in [0.3, 0.4) is 0 Å². The molecule has 4 heteroatoms. The lowest BCUT2D eigenvalue weighted by Gasteiger charge is -1.99. The fourth-order valence-corrected chi connectivity index (χ4v) is 0.993. The van der Waals surface area contributed by atoms with Crippen LogP contribution < -0.4 is 0 Å². The van der Waals surface area contributed by atoms with Gasteiger partial charge in [0.15, 0.2) is 5.82 Å². The normalized spacial score (nSPS) is 20.1. The molecule has 0 bridgehead atoms. The molecule has 0 spiro atoms. The lowest BCUT2D eigenvalue weighted by molar-refractivity contribution is 0.845. The molecule has 2 aromatic rings. The van der Waals surface area contributed by atoms with E-state index in [9.17, 15) is 0 Å². The van der Waals surface area contributed by atoms with Crippen LogP contribution in [0.4, 0.5) is 0 Å². The van der Waals surface area contributed by atoms with Crippen molar-refractivity contribution in [3.05, 3.63) is 40.6 Å². The van der Waals surface area contributed by atoms with Crippen molar-refractivity contribution in [3.8, 4) is 5.82 Å². The average Bonchev–Trinajstić information content (AvgIpc) is 2.60. The zero-order chi connectivity index (χ0) is 16.1. The summed E-state index contributed by atoms with van der Waals surface area (Å²) in [7, 11) is 0. The molecule has 0 aliphatic heterocycles. The van der Waals surface area contributed by atoms with Crippen molar-refractivity contribution < 1.29 is 11.0 Å². The van der Waals surface area contributed by atoms with Gasteiger partial charge < -0.3 is 0 Å². The number of hydrogen-bond acceptors (Lipinski definition) is 2. The van der Waals surface area contributed by atoms with Crippen LogP contribution in [0.25, 0.3) is 5.82 Å². The topological polar surface area (TPSA) is 30.7 Å². The van der Waals surface area contributed by atoms with Crippen molar-refractivity contribution >= 4 is 15.9 Å². The summed E-state index contributed by atoms with van der Waals surface area (Å²) in [6.07, 6.45) is -1.21. The Hall–Kier alpha value is -1.16. The molecule has 0 N–H and O–H groups in total. The third-order valence-electron chi connectivity index (χ3n) is 1.23. The van der Waals surface area contributed by atoms with Crippen LogP contribution in [0.15, 0.2) is 35.1 Å². The van der Waals surface area contributed by atoms with Crippen molar-refractivity contribution in [1.82, 2.24) is 14.8 Å². The maximum Gasteiger partial charge on any atom is 0.153 e. The van der Waals surface area contributed by atoms with E-state index in [0.29, 0.717) is 0 Å². The predicted molar refractivity (Wildman–Crippen MR) is 53.8 cm³/mol. The van der Waals surface area contributed by atoms with E-state index in [2.05, 4.69) is 26.0 Å². The Morgan fingerprint density at radius 3 is 3.31 bits per heavy atom. The van der Waals surface area contributed by atoms with Crippen molar-refractivity contribution in [2.75, 3.05) is 0 Å². The van der Waals surface area contributed by atoms with Gasteiger partial charge >= 0.3 is 0 Å². The second-order valence-electron chi connectivity index (χ2n) is 2.12. The number of hydrogen-bond donors (Lipinski definition) is 0. The van der Waals surface area contributed by atoms with Crippen molar-refractivity contribution in [1.29, 1.82) is 0 Å². The van der Waals surface area contributed by atoms with Crippen LogP contribution in [0.2, 0.25) is 0 Å². The summed E-state index contributed by atoms with van der Waals surface area (Å²) in [5.41, 5.74) is -0.630. The summed E-state index contributed by atoms with van der Waals surface area (Å²) in [6, 6.07) is -1.27. The first-order valence-electron chi connectivity index (χ1n) is 7.26. The molecule has 0 atom stereocenters. The molecule has 0 aliphatic carbocycles. The molecule has 2 rings (SSSR count). The molecular weight excluding hydrogens is 230 g/mol. The van der Waals surface area contributed by atoms with E-state index in [1.807, 2.05) is 0 Å². The first-order valence-corrected chi connectivity index (χ1v) is 4.05. The average molecular weight is 246 g/mol. The first kappa shape index (κ1) is 3.20. The Bertz CT molecular complexity index is 723. The SMILES string of the molecule is [2H]c1nc(-n2nc([2H])c(Br)c2[2H])c([2H])c(C([2H])([2H])[2H])c1[2H]. The zero-order valence-electron chi connectivity index (χ0n) is 14.2. The van der Waals surface area contributed by atoms with Gasteiger partial charge in [0.1, 0.15) is 0 Å². The van der Waals surface area contributed by atoms with Gasteiger partial charge in [0, 0.05) is 16.5 Å². The fourth-order valence-electron chi connectivity index (χ4n) is 0.745. The van der Waals surface area contributed by atoms with Gasteiger partial charge in [-0.25, -0.2) is 9.67 Å². The maximum absolute atomic E-state index is 7.91. The van der Waals surface area contributed by atoms with Crippen LogP contribution in [-0.4, -0.2) is 14.8 Å². The number of nitrogens with zero attached hydrogens (tertiary/aromatic N) is 3. The molecule has 2 aromatic heterocycles. The van der Waals surface area contributed by atoms with Crippen molar-refractivity contribution in [3.63, 3.8) is 0 Å². The van der Waals surface area contributed by atoms with Crippen LogP contribution in [-0.2, 0) is 0 Å². The molecule has 0 aromatic carbocycles. The molecule has 0 saturated carbocycles. The van der Waals surface area contributed by atoms with E-state index in [1.54, 1.807) is 0 Å². The Balaban J connectivity index is 2.83. The number of halogens is 1. The predicted octanol–water partition coefficient (Wildman–Crippen LogP) is 2.34. The van der Waals surface area contributed by atoms with Gasteiger partial charge in [0.05, 0.1) is 17.5 Å². The van der Waals surface area contributed by atoms with Gasteiger partial charge in [0.2, 0.25) is 0 Å². The van der Waals surface area contributed by atoms with Gasteiger partial charge in [0.25, 0.3) is 0 Å². The Kier molecular flexibility index (Phi) is 0.813. The minimum atomic E-state index is -2.77. The van der Waals surface area contributed by atoms with Gasteiger partial charge in [-0.05, 0) is 40.4 Å². The van der Waals surface area contributed by atoms with Crippen LogP contribution in [0.1, 0.15) is 16.5 Å². The molecule has 0 radical (unpaired) electrons. The lowest BCUT2D eigenvalue weighted by atomic mass is 10.3. The molecule has 3 nitrogen and oxygen atoms in total. The van der Waals surface area contributed by atoms with E-state index < -0.39 is 30.7 Å². The molecule has 66 valence electrons. The fraction of sp³-hybridized carbons (Fsp3) is 0.111. The highest BCUT2D eigenvalue weighted by Gasteiger charge is 1.99. The summed E-state index contributed by atoms with van der Waals surface area (Å²) >= 11 is 2.97. The summed E-state index contributed by atoms with van der Waals surface area (Å²) < 4.78 is 61.3. The van der Waals surface area contributed by atoms with E-state index in [-0.39, 0.29) is 22.6 Å². The lowest BCUT2D eigenvalue weighted by Crippen LogP contribution is -1.97. The van der Waals surface area contributed by atoms with E-state index in [1.165, 1.54) is 0 Å². The summed E-state index contributed by atoms with van der Waals surface area (Å²) in [6.45, 7) is -2.77. The van der Waals surface area contributed by atoms with Gasteiger partial charge in [-0.3, -0.25) is 0 Å². The zero-order valence-corrected chi connectivity index (χ0v) is 7.81. The number of rotatable bonds is 1. The standard InChI is InChI=1S/C9H8BrN3/c1-7-2-3-11-9(4-7)13-6-8(10)5-12-13/h2-6H,1H3/i1D3,2D,3D,4D,5D,6D. The van der Waals surface area contributed by atoms with Crippen LogP contribution >= 0.6 is 15.9 Å². The Morgan fingerprint density at radius 2 is 2.62 bits per heavy atom. The Labute approximate surface area is 95.8 Å². The molecule has 2 heterocycles. The highest BCUT2D eigenvalue weighted by Crippen LogP contribution is 2.11. The van der Waals surface area contributed by atoms with Crippen molar-refractivity contribution in [2.24, 2.45) is 0 Å². The monoisotopic (exact) mass is 245 g/mol. The van der Waals surface area contributed by atoms with E-state index in [0.717, 1.165) is 4.68 Å². The molecule has 0 amide bonds. The largest absolute Gasteiger partial charge is 0.237 e. The first-order chi connectivity index (χ1) is 9.55. The number of aromatic nitrogens is 3. The Morgan fingerprint density at radius 1 is 1.69 bits per heavy atom. The maximum atomic E-state index is 7.91. The summed E-state index contributed by atoms with van der Waals surface area (Å²) in [5, 5.41) is 3.67. The molecular formula is C9H8BrN3. The number of pyridine rings is 1. The molecule has 13 heavy (non-hydrogen) atoms. The third-order valence-corrected chi connectivity index (χ3v) is 1.59. The van der Waals surface area contributed by atoms with E-state index in [4.69, 9.17) is 11.0 Å². The highest BCUT2D eigenvalue weighted by atomic mass is 79.9. The second kappa shape index (κ2) is 3.30. The summed E-state index contributed by atoms with van der Waals surface area (Å²) in [4.78, 5) is 3.65. The van der Waals surface area contributed by atoms with Crippen LogP contribution in [0, 0.1) is 6.85 Å². The second-order valence-corrected chi connectivity index (χ2v) is 2.91. The van der Waals surface area contributed by atoms with Gasteiger partial charge in [-0.2, -0.15) is 5.10 Å². The highest BCUT2D eigenvalue weighted by molar-refractivity contribution is 9.10. The van der Waals surface area contributed by atoms with Crippen molar-refractivity contribution in [2.45, 2.75) is 6.85 Å². The van der Waals surface area contributed by atoms with Gasteiger partial charge in [-0.15, -0.1) is 0 Å². The summed E-state index contributed by atoms with van der Waals surface area (Å²) in [5.74, 6) is -0.369. The molecule has 0 aliphatic rings. The smallest absolute Gasteiger partial charge is 0.153 e. The quantitative estimate of drug-likeness (QED) is 0.773. The van der Waals surface area contributed by atoms with Crippen LogP contribution in [0.5, 0.6) is 0 Å².